The number of aryl methyl sites for hydroxylation is 1. The van der Waals surface area contributed by atoms with Crippen LogP contribution in [0.2, 0.25) is 0 Å². The fraction of sp³-hybridized carbons (Fsp3) is 0.385. The molecule has 21 heavy (non-hydrogen) atoms. The maximum Gasteiger partial charge on any atom is 0.267 e. The molecule has 1 N–H and O–H groups in total. The van der Waals surface area contributed by atoms with Gasteiger partial charge in [0.05, 0.1) is 31.1 Å². The molecule has 0 spiro atoms. The van der Waals surface area contributed by atoms with Crippen molar-refractivity contribution in [2.24, 2.45) is 0 Å². The highest BCUT2D eigenvalue weighted by molar-refractivity contribution is 5.36. The van der Waals surface area contributed by atoms with E-state index in [9.17, 15) is 9.18 Å². The van der Waals surface area contributed by atoms with Crippen molar-refractivity contribution in [3.8, 4) is 0 Å². The molecule has 0 radical (unpaired) electrons. The van der Waals surface area contributed by atoms with Crippen molar-refractivity contribution in [3.05, 3.63) is 46.5 Å². The summed E-state index contributed by atoms with van der Waals surface area (Å²) in [6.45, 7) is 2.48. The Balaban J connectivity index is 1.88. The third-order valence-corrected chi connectivity index (χ3v) is 3.31. The third-order valence-electron chi connectivity index (χ3n) is 3.31. The number of halogens is 1. The van der Waals surface area contributed by atoms with Crippen molar-refractivity contribution in [2.45, 2.75) is 19.0 Å². The van der Waals surface area contributed by atoms with E-state index in [1.54, 1.807) is 13.0 Å². The molecule has 1 aliphatic heterocycles. The van der Waals surface area contributed by atoms with Gasteiger partial charge >= 0.3 is 0 Å². The van der Waals surface area contributed by atoms with Crippen LogP contribution >= 0.6 is 0 Å². The molecule has 0 aliphatic carbocycles. The summed E-state index contributed by atoms with van der Waals surface area (Å²) < 4.78 is 20.4. The van der Waals surface area contributed by atoms with Crippen LogP contribution in [0.15, 0.2) is 29.5 Å². The summed E-state index contributed by atoms with van der Waals surface area (Å²) in [7, 11) is 0. The molecule has 1 aliphatic rings. The van der Waals surface area contributed by atoms with Gasteiger partial charge in [0.2, 0.25) is 0 Å². The zero-order valence-electron chi connectivity index (χ0n) is 11.4. The molecule has 3 rings (SSSR count). The highest BCUT2D eigenvalue weighted by Crippen LogP contribution is 2.21. The van der Waals surface area contributed by atoms with Gasteiger partial charge in [-0.2, -0.15) is 5.10 Å². The van der Waals surface area contributed by atoms with E-state index in [4.69, 9.17) is 4.74 Å². The molecule has 1 saturated heterocycles. The standard InChI is InChI=1S/C13H14FN5O2/c1-8-2-3-12(20)19(18-8)11-6-21-5-10(11)17-13-9(14)4-15-7-16-13/h2-4,7,10-11H,5-6H2,1H3,(H,15,16,17). The van der Waals surface area contributed by atoms with Crippen LogP contribution in [0.3, 0.4) is 0 Å². The van der Waals surface area contributed by atoms with E-state index in [1.807, 2.05) is 0 Å². The Bertz CT molecular complexity index is 705. The number of nitrogens with one attached hydrogen (secondary N) is 1. The molecule has 2 unspecified atom stereocenters. The highest BCUT2D eigenvalue weighted by atomic mass is 19.1. The summed E-state index contributed by atoms with van der Waals surface area (Å²) in [5.41, 5.74) is 0.513. The number of anilines is 1. The minimum absolute atomic E-state index is 0.0891. The van der Waals surface area contributed by atoms with Crippen LogP contribution in [0.4, 0.5) is 10.2 Å². The van der Waals surface area contributed by atoms with Gasteiger partial charge in [-0.05, 0) is 13.0 Å². The maximum atomic E-state index is 13.6. The number of rotatable bonds is 3. The first-order chi connectivity index (χ1) is 10.1. The van der Waals surface area contributed by atoms with Crippen molar-refractivity contribution in [1.29, 1.82) is 0 Å². The van der Waals surface area contributed by atoms with Crippen LogP contribution in [0.5, 0.6) is 0 Å². The first kappa shape index (κ1) is 13.6. The lowest BCUT2D eigenvalue weighted by atomic mass is 10.1. The molecule has 0 amide bonds. The average molecular weight is 291 g/mol. The molecule has 2 aromatic rings. The van der Waals surface area contributed by atoms with Crippen molar-refractivity contribution < 1.29 is 9.13 Å². The Morgan fingerprint density at radius 3 is 3.10 bits per heavy atom. The number of nitrogens with zero attached hydrogens (tertiary/aromatic N) is 4. The van der Waals surface area contributed by atoms with E-state index in [1.165, 1.54) is 17.1 Å². The molecular weight excluding hydrogens is 277 g/mol. The van der Waals surface area contributed by atoms with Crippen molar-refractivity contribution in [2.75, 3.05) is 18.5 Å². The van der Waals surface area contributed by atoms with Crippen LogP contribution in [0.25, 0.3) is 0 Å². The fourth-order valence-electron chi connectivity index (χ4n) is 2.27. The fourth-order valence-corrected chi connectivity index (χ4v) is 2.27. The van der Waals surface area contributed by atoms with Crippen LogP contribution in [0, 0.1) is 12.7 Å². The molecule has 8 heteroatoms. The lowest BCUT2D eigenvalue weighted by Crippen LogP contribution is -2.37. The smallest absolute Gasteiger partial charge is 0.267 e. The van der Waals surface area contributed by atoms with Crippen LogP contribution < -0.4 is 10.9 Å². The predicted octanol–water partition coefficient (Wildman–Crippen LogP) is 0.533. The molecule has 3 heterocycles. The van der Waals surface area contributed by atoms with Gasteiger partial charge in [-0.1, -0.05) is 0 Å². The Morgan fingerprint density at radius 2 is 2.29 bits per heavy atom. The molecule has 1 fully saturated rings. The van der Waals surface area contributed by atoms with Gasteiger partial charge in [-0.25, -0.2) is 19.0 Å². The SMILES string of the molecule is Cc1ccc(=O)n(C2COCC2Nc2ncncc2F)n1. The van der Waals surface area contributed by atoms with Gasteiger partial charge < -0.3 is 10.1 Å². The van der Waals surface area contributed by atoms with Gasteiger partial charge in [-0.15, -0.1) is 0 Å². The van der Waals surface area contributed by atoms with Gasteiger partial charge in [-0.3, -0.25) is 4.79 Å². The van der Waals surface area contributed by atoms with Crippen LogP contribution in [-0.4, -0.2) is 39.0 Å². The molecular formula is C13H14FN5O2. The number of aromatic nitrogens is 4. The van der Waals surface area contributed by atoms with Crippen molar-refractivity contribution >= 4 is 5.82 Å². The Hall–Kier alpha value is -2.35. The second kappa shape index (κ2) is 5.57. The predicted molar refractivity (Wildman–Crippen MR) is 72.5 cm³/mol. The molecule has 0 aromatic carbocycles. The van der Waals surface area contributed by atoms with Gasteiger partial charge in [0, 0.05) is 6.07 Å². The molecule has 0 saturated carbocycles. The van der Waals surface area contributed by atoms with E-state index in [2.05, 4.69) is 20.4 Å². The average Bonchev–Trinajstić information content (AvgIpc) is 2.92. The summed E-state index contributed by atoms with van der Waals surface area (Å²) in [5.74, 6) is -0.459. The molecule has 110 valence electrons. The molecule has 2 aromatic heterocycles. The normalized spacial score (nSPS) is 21.4. The van der Waals surface area contributed by atoms with Crippen molar-refractivity contribution in [3.63, 3.8) is 0 Å². The number of hydrogen-bond donors (Lipinski definition) is 1. The molecule has 0 bridgehead atoms. The van der Waals surface area contributed by atoms with E-state index >= 15 is 0 Å². The Morgan fingerprint density at radius 1 is 1.43 bits per heavy atom. The molecule has 7 nitrogen and oxygen atoms in total. The number of hydrogen-bond acceptors (Lipinski definition) is 6. The summed E-state index contributed by atoms with van der Waals surface area (Å²) in [6.07, 6.45) is 2.34. The lowest BCUT2D eigenvalue weighted by Gasteiger charge is -2.20. The second-order valence-corrected chi connectivity index (χ2v) is 4.83. The van der Waals surface area contributed by atoms with Gasteiger partial charge in [0.1, 0.15) is 12.4 Å². The van der Waals surface area contributed by atoms with E-state index in [-0.39, 0.29) is 23.5 Å². The first-order valence-electron chi connectivity index (χ1n) is 6.51. The largest absolute Gasteiger partial charge is 0.377 e. The zero-order chi connectivity index (χ0) is 14.8. The maximum absolute atomic E-state index is 13.6. The topological polar surface area (TPSA) is 81.9 Å². The minimum Gasteiger partial charge on any atom is -0.377 e. The summed E-state index contributed by atoms with van der Waals surface area (Å²) in [4.78, 5) is 19.4. The summed E-state index contributed by atoms with van der Waals surface area (Å²) >= 11 is 0. The summed E-state index contributed by atoms with van der Waals surface area (Å²) in [5, 5.41) is 7.18. The first-order valence-corrected chi connectivity index (χ1v) is 6.51. The quantitative estimate of drug-likeness (QED) is 0.888. The zero-order valence-corrected chi connectivity index (χ0v) is 11.4. The molecule has 2 atom stereocenters. The van der Waals surface area contributed by atoms with E-state index < -0.39 is 5.82 Å². The monoisotopic (exact) mass is 291 g/mol. The third kappa shape index (κ3) is 2.75. The second-order valence-electron chi connectivity index (χ2n) is 4.83. The van der Waals surface area contributed by atoms with Crippen LogP contribution in [-0.2, 0) is 4.74 Å². The van der Waals surface area contributed by atoms with Gasteiger partial charge in [0.25, 0.3) is 5.56 Å². The van der Waals surface area contributed by atoms with E-state index in [0.717, 1.165) is 11.9 Å². The Kier molecular flexibility index (Phi) is 3.61. The summed E-state index contributed by atoms with van der Waals surface area (Å²) in [6, 6.07) is 2.51. The van der Waals surface area contributed by atoms with Crippen molar-refractivity contribution in [1.82, 2.24) is 19.7 Å². The lowest BCUT2D eigenvalue weighted by molar-refractivity contribution is 0.182. The minimum atomic E-state index is -0.548. The van der Waals surface area contributed by atoms with Gasteiger partial charge in [0.15, 0.2) is 11.6 Å². The highest BCUT2D eigenvalue weighted by Gasteiger charge is 2.32. The van der Waals surface area contributed by atoms with Crippen LogP contribution in [0.1, 0.15) is 11.7 Å². The number of ether oxygens (including phenoxy) is 1. The Labute approximate surface area is 119 Å². The van der Waals surface area contributed by atoms with E-state index in [0.29, 0.717) is 13.2 Å².